The van der Waals surface area contributed by atoms with Gasteiger partial charge in [-0.25, -0.2) is 0 Å². The van der Waals surface area contributed by atoms with Gasteiger partial charge in [0.05, 0.1) is 25.9 Å². The van der Waals surface area contributed by atoms with Crippen molar-refractivity contribution in [3.8, 4) is 0 Å². The Hall–Kier alpha value is -0.450. The second-order valence-corrected chi connectivity index (χ2v) is 4.26. The SMILES string of the molecule is COCCOCCN1CCCCC1C(C)=O. The Bertz CT molecular complexity index is 208. The Kier molecular flexibility index (Phi) is 6.61. The van der Waals surface area contributed by atoms with Crippen LogP contribution in [0.1, 0.15) is 26.2 Å². The lowest BCUT2D eigenvalue weighted by Gasteiger charge is -2.33. The van der Waals surface area contributed by atoms with Gasteiger partial charge in [0, 0.05) is 13.7 Å². The fourth-order valence-electron chi connectivity index (χ4n) is 2.15. The molecule has 1 atom stereocenters. The van der Waals surface area contributed by atoms with Crippen LogP contribution in [0.4, 0.5) is 0 Å². The van der Waals surface area contributed by atoms with Gasteiger partial charge in [0.1, 0.15) is 5.78 Å². The van der Waals surface area contributed by atoms with Gasteiger partial charge in [0.2, 0.25) is 0 Å². The minimum absolute atomic E-state index is 0.125. The Morgan fingerprint density at radius 3 is 2.81 bits per heavy atom. The molecule has 94 valence electrons. The van der Waals surface area contributed by atoms with Crippen LogP contribution in [0.2, 0.25) is 0 Å². The van der Waals surface area contributed by atoms with Crippen molar-refractivity contribution in [2.75, 3.05) is 40.0 Å². The van der Waals surface area contributed by atoms with Crippen molar-refractivity contribution in [2.45, 2.75) is 32.2 Å². The zero-order chi connectivity index (χ0) is 11.8. The van der Waals surface area contributed by atoms with Crippen LogP contribution < -0.4 is 0 Å². The number of rotatable bonds is 7. The van der Waals surface area contributed by atoms with E-state index in [1.807, 2.05) is 0 Å². The molecule has 1 rings (SSSR count). The van der Waals surface area contributed by atoms with Crippen molar-refractivity contribution in [3.63, 3.8) is 0 Å². The third kappa shape index (κ3) is 4.60. The predicted octanol–water partition coefficient (Wildman–Crippen LogP) is 1.09. The van der Waals surface area contributed by atoms with Crippen molar-refractivity contribution >= 4 is 5.78 Å². The van der Waals surface area contributed by atoms with Gasteiger partial charge >= 0.3 is 0 Å². The Balaban J connectivity index is 2.19. The van der Waals surface area contributed by atoms with Gasteiger partial charge in [-0.15, -0.1) is 0 Å². The van der Waals surface area contributed by atoms with Crippen LogP contribution in [0.3, 0.4) is 0 Å². The molecule has 0 bridgehead atoms. The molecule has 1 unspecified atom stereocenters. The molecule has 1 aliphatic heterocycles. The molecule has 0 aromatic heterocycles. The number of likely N-dealkylation sites (tertiary alicyclic amines) is 1. The van der Waals surface area contributed by atoms with Gasteiger partial charge < -0.3 is 9.47 Å². The summed E-state index contributed by atoms with van der Waals surface area (Å²) >= 11 is 0. The second-order valence-electron chi connectivity index (χ2n) is 4.26. The van der Waals surface area contributed by atoms with Gasteiger partial charge in [-0.2, -0.15) is 0 Å². The van der Waals surface area contributed by atoms with Crippen LogP contribution in [0.25, 0.3) is 0 Å². The van der Waals surface area contributed by atoms with Crippen molar-refractivity contribution in [2.24, 2.45) is 0 Å². The number of piperidine rings is 1. The van der Waals surface area contributed by atoms with Crippen LogP contribution >= 0.6 is 0 Å². The van der Waals surface area contributed by atoms with E-state index in [2.05, 4.69) is 4.90 Å². The summed E-state index contributed by atoms with van der Waals surface area (Å²) < 4.78 is 10.3. The number of Topliss-reactive ketones (excluding diaryl/α,β-unsaturated/α-hetero) is 1. The third-order valence-electron chi connectivity index (χ3n) is 3.04. The van der Waals surface area contributed by atoms with Gasteiger partial charge in [-0.1, -0.05) is 6.42 Å². The lowest BCUT2D eigenvalue weighted by molar-refractivity contribution is -0.123. The summed E-state index contributed by atoms with van der Waals surface area (Å²) in [6.45, 7) is 5.53. The Morgan fingerprint density at radius 1 is 1.31 bits per heavy atom. The number of carbonyl (C=O) groups is 1. The summed E-state index contributed by atoms with van der Waals surface area (Å²) in [6, 6.07) is 0.125. The van der Waals surface area contributed by atoms with Gasteiger partial charge in [0.25, 0.3) is 0 Å². The number of hydrogen-bond acceptors (Lipinski definition) is 4. The normalized spacial score (nSPS) is 22.2. The molecule has 1 aliphatic rings. The van der Waals surface area contributed by atoms with Crippen LogP contribution in [0.15, 0.2) is 0 Å². The number of hydrogen-bond donors (Lipinski definition) is 0. The van der Waals surface area contributed by atoms with Crippen molar-refractivity contribution in [3.05, 3.63) is 0 Å². The molecule has 0 N–H and O–H groups in total. The summed E-state index contributed by atoms with van der Waals surface area (Å²) in [5.41, 5.74) is 0. The zero-order valence-corrected chi connectivity index (χ0v) is 10.4. The lowest BCUT2D eigenvalue weighted by atomic mass is 9.99. The standard InChI is InChI=1S/C12H23NO3/c1-11(14)12-5-3-4-6-13(12)7-8-16-10-9-15-2/h12H,3-10H2,1-2H3. The fraction of sp³-hybridized carbons (Fsp3) is 0.917. The molecule has 0 amide bonds. The van der Waals surface area contributed by atoms with Crippen LogP contribution in [0, 0.1) is 0 Å². The molecule has 1 saturated heterocycles. The van der Waals surface area contributed by atoms with E-state index in [9.17, 15) is 4.79 Å². The smallest absolute Gasteiger partial charge is 0.146 e. The van der Waals surface area contributed by atoms with E-state index in [-0.39, 0.29) is 11.8 Å². The number of nitrogens with zero attached hydrogens (tertiary/aromatic N) is 1. The maximum Gasteiger partial charge on any atom is 0.146 e. The minimum Gasteiger partial charge on any atom is -0.382 e. The molecule has 0 spiro atoms. The number of ether oxygens (including phenoxy) is 2. The van der Waals surface area contributed by atoms with Crippen molar-refractivity contribution in [1.29, 1.82) is 0 Å². The molecule has 0 aromatic rings. The van der Waals surface area contributed by atoms with E-state index in [1.165, 1.54) is 12.8 Å². The molecule has 0 saturated carbocycles. The van der Waals surface area contributed by atoms with Crippen molar-refractivity contribution < 1.29 is 14.3 Å². The summed E-state index contributed by atoms with van der Waals surface area (Å²) in [5, 5.41) is 0. The van der Waals surface area contributed by atoms with Gasteiger partial charge in [-0.05, 0) is 26.3 Å². The monoisotopic (exact) mass is 229 g/mol. The van der Waals surface area contributed by atoms with Gasteiger partial charge in [0.15, 0.2) is 0 Å². The zero-order valence-electron chi connectivity index (χ0n) is 10.4. The maximum absolute atomic E-state index is 11.4. The topological polar surface area (TPSA) is 38.8 Å². The quantitative estimate of drug-likeness (QED) is 0.613. The van der Waals surface area contributed by atoms with E-state index < -0.39 is 0 Å². The van der Waals surface area contributed by atoms with Crippen LogP contribution in [-0.4, -0.2) is 56.7 Å². The van der Waals surface area contributed by atoms with E-state index in [1.54, 1.807) is 14.0 Å². The van der Waals surface area contributed by atoms with E-state index in [0.29, 0.717) is 19.8 Å². The summed E-state index contributed by atoms with van der Waals surface area (Å²) in [4.78, 5) is 13.7. The maximum atomic E-state index is 11.4. The third-order valence-corrected chi connectivity index (χ3v) is 3.04. The fourth-order valence-corrected chi connectivity index (χ4v) is 2.15. The minimum atomic E-state index is 0.125. The first kappa shape index (κ1) is 13.6. The molecular weight excluding hydrogens is 206 g/mol. The average molecular weight is 229 g/mol. The summed E-state index contributed by atoms with van der Waals surface area (Å²) in [7, 11) is 1.67. The van der Waals surface area contributed by atoms with Crippen molar-refractivity contribution in [1.82, 2.24) is 4.90 Å². The Labute approximate surface area is 97.9 Å². The largest absolute Gasteiger partial charge is 0.382 e. The highest BCUT2D eigenvalue weighted by Crippen LogP contribution is 2.17. The number of carbonyl (C=O) groups excluding carboxylic acids is 1. The van der Waals surface area contributed by atoms with E-state index in [4.69, 9.17) is 9.47 Å². The summed E-state index contributed by atoms with van der Waals surface area (Å²) in [6.07, 6.45) is 3.38. The first-order chi connectivity index (χ1) is 7.75. The average Bonchev–Trinajstić information content (AvgIpc) is 2.29. The predicted molar refractivity (Wildman–Crippen MR) is 62.6 cm³/mol. The molecule has 1 fully saturated rings. The molecule has 4 heteroatoms. The highest BCUT2D eigenvalue weighted by Gasteiger charge is 2.25. The molecule has 0 aliphatic carbocycles. The van der Waals surface area contributed by atoms with Crippen LogP contribution in [0.5, 0.6) is 0 Å². The molecule has 16 heavy (non-hydrogen) atoms. The second kappa shape index (κ2) is 7.76. The number of ketones is 1. The van der Waals surface area contributed by atoms with E-state index in [0.717, 1.165) is 19.5 Å². The Morgan fingerprint density at radius 2 is 2.12 bits per heavy atom. The van der Waals surface area contributed by atoms with Gasteiger partial charge in [-0.3, -0.25) is 9.69 Å². The molecule has 4 nitrogen and oxygen atoms in total. The highest BCUT2D eigenvalue weighted by molar-refractivity contribution is 5.81. The first-order valence-electron chi connectivity index (χ1n) is 6.07. The highest BCUT2D eigenvalue weighted by atomic mass is 16.5. The summed E-state index contributed by atoms with van der Waals surface area (Å²) in [5.74, 6) is 0.289. The lowest BCUT2D eigenvalue weighted by Crippen LogP contribution is -2.45. The molecular formula is C12H23NO3. The molecule has 0 aromatic carbocycles. The van der Waals surface area contributed by atoms with E-state index >= 15 is 0 Å². The number of methoxy groups -OCH3 is 1. The first-order valence-corrected chi connectivity index (χ1v) is 6.07. The molecule has 1 heterocycles. The van der Waals surface area contributed by atoms with Crippen LogP contribution in [-0.2, 0) is 14.3 Å². The molecule has 0 radical (unpaired) electrons.